The Hall–Kier alpha value is -0.370. The Morgan fingerprint density at radius 1 is 1.27 bits per heavy atom. The smallest absolute Gasteiger partial charge is 0.0978 e. The van der Waals surface area contributed by atoms with Gasteiger partial charge in [-0.05, 0) is 0 Å². The summed E-state index contributed by atoms with van der Waals surface area (Å²) in [7, 11) is 0. The molecule has 2 heteroatoms. The van der Waals surface area contributed by atoms with E-state index in [1.165, 1.54) is 5.01 Å². The molecule has 0 aromatic carbocycles. The summed E-state index contributed by atoms with van der Waals surface area (Å²) in [6.45, 7) is 10.5. The molecule has 0 aliphatic carbocycles. The van der Waals surface area contributed by atoms with Crippen LogP contribution in [0.3, 0.4) is 0 Å². The Labute approximate surface area is 73.5 Å². The van der Waals surface area contributed by atoms with Crippen LogP contribution in [0.25, 0.3) is 0 Å². The molecular formula is C9H17NS. The highest BCUT2D eigenvalue weighted by Gasteiger charge is 2.15. The standard InChI is InChI=1S/C7H11NS.C2H6/c1-7(2,3)6-8-4-5-9-6;1-2/h4-5H,1-3H3;1-2H3. The highest BCUT2D eigenvalue weighted by Crippen LogP contribution is 2.23. The number of hydrogen-bond donors (Lipinski definition) is 0. The first-order chi connectivity index (χ1) is 5.11. The minimum atomic E-state index is 0.230. The zero-order valence-electron chi connectivity index (χ0n) is 8.01. The van der Waals surface area contributed by atoms with Crippen molar-refractivity contribution in [1.29, 1.82) is 0 Å². The van der Waals surface area contributed by atoms with E-state index in [4.69, 9.17) is 0 Å². The molecule has 0 unspecified atom stereocenters. The first kappa shape index (κ1) is 10.6. The van der Waals surface area contributed by atoms with Crippen LogP contribution >= 0.6 is 11.3 Å². The lowest BCUT2D eigenvalue weighted by Crippen LogP contribution is -2.09. The van der Waals surface area contributed by atoms with E-state index >= 15 is 0 Å². The molecule has 1 heterocycles. The van der Waals surface area contributed by atoms with Gasteiger partial charge in [0.15, 0.2) is 0 Å². The maximum Gasteiger partial charge on any atom is 0.0978 e. The van der Waals surface area contributed by atoms with Crippen molar-refractivity contribution < 1.29 is 0 Å². The average molecular weight is 171 g/mol. The van der Waals surface area contributed by atoms with Gasteiger partial charge < -0.3 is 0 Å². The first-order valence-corrected chi connectivity index (χ1v) is 4.88. The van der Waals surface area contributed by atoms with Gasteiger partial charge in [-0.25, -0.2) is 4.98 Å². The van der Waals surface area contributed by atoms with E-state index in [0.717, 1.165) is 0 Å². The van der Waals surface area contributed by atoms with Crippen molar-refractivity contribution >= 4 is 11.3 Å². The molecule has 0 saturated heterocycles. The molecular weight excluding hydrogens is 154 g/mol. The van der Waals surface area contributed by atoms with Crippen LogP contribution in [-0.2, 0) is 5.41 Å². The second-order valence-electron chi connectivity index (χ2n) is 3.09. The van der Waals surface area contributed by atoms with Crippen molar-refractivity contribution in [3.63, 3.8) is 0 Å². The molecule has 1 rings (SSSR count). The van der Waals surface area contributed by atoms with Gasteiger partial charge in [-0.2, -0.15) is 0 Å². The number of thiazole rings is 1. The molecule has 0 fully saturated rings. The maximum atomic E-state index is 4.21. The molecule has 0 amide bonds. The summed E-state index contributed by atoms with van der Waals surface area (Å²) >= 11 is 1.72. The molecule has 11 heavy (non-hydrogen) atoms. The third-order valence-corrected chi connectivity index (χ3v) is 2.27. The lowest BCUT2D eigenvalue weighted by atomic mass is 9.98. The zero-order valence-corrected chi connectivity index (χ0v) is 8.83. The molecule has 0 aliphatic rings. The predicted octanol–water partition coefficient (Wildman–Crippen LogP) is 3.47. The Bertz CT molecular complexity index is 172. The van der Waals surface area contributed by atoms with Gasteiger partial charge >= 0.3 is 0 Å². The molecule has 0 radical (unpaired) electrons. The summed E-state index contributed by atoms with van der Waals surface area (Å²) in [5.41, 5.74) is 0.230. The summed E-state index contributed by atoms with van der Waals surface area (Å²) < 4.78 is 0. The van der Waals surface area contributed by atoms with Crippen molar-refractivity contribution in [1.82, 2.24) is 4.98 Å². The number of rotatable bonds is 0. The van der Waals surface area contributed by atoms with E-state index in [0.29, 0.717) is 0 Å². The second kappa shape index (κ2) is 4.50. The van der Waals surface area contributed by atoms with E-state index in [1.807, 2.05) is 25.4 Å². The number of aromatic nitrogens is 1. The van der Waals surface area contributed by atoms with Crippen LogP contribution in [0.2, 0.25) is 0 Å². The van der Waals surface area contributed by atoms with Gasteiger partial charge in [0.05, 0.1) is 5.01 Å². The minimum Gasteiger partial charge on any atom is -0.249 e. The van der Waals surface area contributed by atoms with Gasteiger partial charge in [-0.1, -0.05) is 34.6 Å². The minimum absolute atomic E-state index is 0.230. The highest BCUT2D eigenvalue weighted by molar-refractivity contribution is 7.09. The van der Waals surface area contributed by atoms with Crippen molar-refractivity contribution in [3.8, 4) is 0 Å². The van der Waals surface area contributed by atoms with Crippen molar-refractivity contribution in [2.75, 3.05) is 0 Å². The molecule has 1 nitrogen and oxygen atoms in total. The van der Waals surface area contributed by atoms with E-state index in [1.54, 1.807) is 11.3 Å². The molecule has 64 valence electrons. The summed E-state index contributed by atoms with van der Waals surface area (Å²) in [5.74, 6) is 0. The quantitative estimate of drug-likeness (QED) is 0.582. The van der Waals surface area contributed by atoms with Crippen LogP contribution in [0.15, 0.2) is 11.6 Å². The third-order valence-electron chi connectivity index (χ3n) is 1.07. The summed E-state index contributed by atoms with van der Waals surface area (Å²) in [5, 5.41) is 3.23. The van der Waals surface area contributed by atoms with E-state index < -0.39 is 0 Å². The summed E-state index contributed by atoms with van der Waals surface area (Å²) in [6, 6.07) is 0. The summed E-state index contributed by atoms with van der Waals surface area (Å²) in [4.78, 5) is 4.21. The lowest BCUT2D eigenvalue weighted by Gasteiger charge is -2.12. The molecule has 0 saturated carbocycles. The zero-order chi connectivity index (χ0) is 8.91. The fraction of sp³-hybridized carbons (Fsp3) is 0.667. The van der Waals surface area contributed by atoms with Gasteiger partial charge in [0.1, 0.15) is 0 Å². The Morgan fingerprint density at radius 2 is 1.82 bits per heavy atom. The average Bonchev–Trinajstić information content (AvgIpc) is 2.40. The molecule has 0 aliphatic heterocycles. The van der Waals surface area contributed by atoms with E-state index in [-0.39, 0.29) is 5.41 Å². The van der Waals surface area contributed by atoms with Crippen LogP contribution < -0.4 is 0 Å². The van der Waals surface area contributed by atoms with Gasteiger partial charge in [-0.3, -0.25) is 0 Å². The third kappa shape index (κ3) is 3.51. The van der Waals surface area contributed by atoms with E-state index in [2.05, 4.69) is 25.8 Å². The Kier molecular flexibility index (Phi) is 4.34. The fourth-order valence-corrected chi connectivity index (χ4v) is 1.32. The Balaban J connectivity index is 0.000000461. The van der Waals surface area contributed by atoms with Gasteiger partial charge in [0, 0.05) is 17.0 Å². The molecule has 0 spiro atoms. The van der Waals surface area contributed by atoms with Crippen LogP contribution in [0.1, 0.15) is 39.6 Å². The normalized spacial score (nSPS) is 10.3. The number of hydrogen-bond acceptors (Lipinski definition) is 2. The predicted molar refractivity (Wildman–Crippen MR) is 52.2 cm³/mol. The molecule has 0 bridgehead atoms. The Morgan fingerprint density at radius 3 is 2.00 bits per heavy atom. The lowest BCUT2D eigenvalue weighted by molar-refractivity contribution is 0.585. The van der Waals surface area contributed by atoms with Crippen LogP contribution in [-0.4, -0.2) is 4.98 Å². The largest absolute Gasteiger partial charge is 0.249 e. The number of nitrogens with zero attached hydrogens (tertiary/aromatic N) is 1. The molecule has 1 aromatic rings. The van der Waals surface area contributed by atoms with Gasteiger partial charge in [0.2, 0.25) is 0 Å². The van der Waals surface area contributed by atoms with E-state index in [9.17, 15) is 0 Å². The first-order valence-electron chi connectivity index (χ1n) is 4.00. The van der Waals surface area contributed by atoms with Crippen LogP contribution in [0, 0.1) is 0 Å². The molecule has 0 N–H and O–H groups in total. The van der Waals surface area contributed by atoms with Gasteiger partial charge in [0.25, 0.3) is 0 Å². The van der Waals surface area contributed by atoms with Gasteiger partial charge in [-0.15, -0.1) is 11.3 Å². The molecule has 1 aromatic heterocycles. The molecule has 0 atom stereocenters. The maximum absolute atomic E-state index is 4.21. The second-order valence-corrected chi connectivity index (χ2v) is 3.98. The van der Waals surface area contributed by atoms with Crippen LogP contribution in [0.5, 0.6) is 0 Å². The summed E-state index contributed by atoms with van der Waals surface area (Å²) in [6.07, 6.45) is 1.85. The topological polar surface area (TPSA) is 12.9 Å². The van der Waals surface area contributed by atoms with Crippen LogP contribution in [0.4, 0.5) is 0 Å². The van der Waals surface area contributed by atoms with Crippen molar-refractivity contribution in [2.24, 2.45) is 0 Å². The monoisotopic (exact) mass is 171 g/mol. The fourth-order valence-electron chi connectivity index (χ4n) is 0.594. The van der Waals surface area contributed by atoms with Crippen molar-refractivity contribution in [2.45, 2.75) is 40.0 Å². The SMILES string of the molecule is CC.CC(C)(C)c1nccs1. The van der Waals surface area contributed by atoms with Crippen molar-refractivity contribution in [3.05, 3.63) is 16.6 Å². The highest BCUT2D eigenvalue weighted by atomic mass is 32.1.